The van der Waals surface area contributed by atoms with Crippen LogP contribution >= 0.6 is 0 Å². The number of fused-ring (bicyclic) bond motifs is 2. The first kappa shape index (κ1) is 23.5. The number of nitrogens with one attached hydrogen (secondary N) is 3. The van der Waals surface area contributed by atoms with Crippen molar-refractivity contribution in [1.82, 2.24) is 39.7 Å². The van der Waals surface area contributed by atoms with Gasteiger partial charge in [0.15, 0.2) is 11.6 Å². The predicted molar refractivity (Wildman–Crippen MR) is 142 cm³/mol. The number of aromatic nitrogens is 8. The number of imidazole rings is 2. The number of amides is 1. The molecule has 6 rings (SSSR count). The average molecular weight is 510 g/mol. The molecule has 5 aromatic heterocycles. The number of rotatable bonds is 6. The first-order valence-electron chi connectivity index (χ1n) is 12.2. The summed E-state index contributed by atoms with van der Waals surface area (Å²) in [5.41, 5.74) is 4.98. The lowest BCUT2D eigenvalue weighted by Crippen LogP contribution is -2.14. The maximum Gasteiger partial charge on any atom is 0.224 e. The molecule has 11 heteroatoms. The van der Waals surface area contributed by atoms with Gasteiger partial charge in [-0.2, -0.15) is 5.10 Å². The van der Waals surface area contributed by atoms with Gasteiger partial charge in [0.1, 0.15) is 16.9 Å². The molecule has 0 aliphatic heterocycles. The molecule has 3 N–H and O–H groups in total. The van der Waals surface area contributed by atoms with Gasteiger partial charge in [0.25, 0.3) is 0 Å². The SMILES string of the molecule is Cc1cn(-c2cccc3[nH]c(-c4n[nH]c5cnc(-c6cncc(NC(=O)CC(C)C)c6)c(F)c45)nc23)cn1. The van der Waals surface area contributed by atoms with Crippen molar-refractivity contribution in [2.45, 2.75) is 27.2 Å². The van der Waals surface area contributed by atoms with Gasteiger partial charge in [0.2, 0.25) is 5.91 Å². The fourth-order valence-electron chi connectivity index (χ4n) is 4.46. The summed E-state index contributed by atoms with van der Waals surface area (Å²) in [5, 5.41) is 10.3. The normalized spacial score (nSPS) is 11.6. The molecule has 0 atom stereocenters. The number of pyridine rings is 2. The number of hydrogen-bond donors (Lipinski definition) is 3. The smallest absolute Gasteiger partial charge is 0.224 e. The maximum atomic E-state index is 16.0. The van der Waals surface area contributed by atoms with Crippen LogP contribution in [0, 0.1) is 18.7 Å². The van der Waals surface area contributed by atoms with Crippen molar-refractivity contribution < 1.29 is 9.18 Å². The molecule has 10 nitrogen and oxygen atoms in total. The van der Waals surface area contributed by atoms with Gasteiger partial charge in [-0.15, -0.1) is 0 Å². The molecule has 0 saturated carbocycles. The highest BCUT2D eigenvalue weighted by Gasteiger charge is 2.21. The quantitative estimate of drug-likeness (QED) is 0.284. The lowest BCUT2D eigenvalue weighted by Gasteiger charge is -2.09. The Balaban J connectivity index is 1.42. The molecule has 1 aromatic carbocycles. The van der Waals surface area contributed by atoms with Crippen molar-refractivity contribution in [2.24, 2.45) is 5.92 Å². The number of nitrogens with zero attached hydrogens (tertiary/aromatic N) is 6. The second-order valence-corrected chi connectivity index (χ2v) is 9.57. The minimum Gasteiger partial charge on any atom is -0.336 e. The maximum absolute atomic E-state index is 16.0. The van der Waals surface area contributed by atoms with Crippen LogP contribution < -0.4 is 5.32 Å². The van der Waals surface area contributed by atoms with Gasteiger partial charge in [-0.25, -0.2) is 14.4 Å². The number of hydrogen-bond acceptors (Lipinski definition) is 6. The van der Waals surface area contributed by atoms with Crippen LogP contribution in [0.15, 0.2) is 55.4 Å². The summed E-state index contributed by atoms with van der Waals surface area (Å²) in [4.78, 5) is 33.0. The Labute approximate surface area is 216 Å². The average Bonchev–Trinajstić information content (AvgIpc) is 3.61. The summed E-state index contributed by atoms with van der Waals surface area (Å²) < 4.78 is 17.9. The summed E-state index contributed by atoms with van der Waals surface area (Å²) >= 11 is 0. The number of H-pyrrole nitrogens is 2. The first-order chi connectivity index (χ1) is 18.4. The van der Waals surface area contributed by atoms with Gasteiger partial charge in [-0.1, -0.05) is 19.9 Å². The lowest BCUT2D eigenvalue weighted by molar-refractivity contribution is -0.116. The second-order valence-electron chi connectivity index (χ2n) is 9.57. The third-order valence-electron chi connectivity index (χ3n) is 6.14. The van der Waals surface area contributed by atoms with E-state index in [-0.39, 0.29) is 22.9 Å². The molecule has 0 saturated heterocycles. The van der Waals surface area contributed by atoms with Crippen molar-refractivity contribution in [3.63, 3.8) is 0 Å². The van der Waals surface area contributed by atoms with Crippen molar-refractivity contribution in [2.75, 3.05) is 5.32 Å². The molecule has 0 unspecified atom stereocenters. The van der Waals surface area contributed by atoms with Crippen molar-refractivity contribution in [3.8, 4) is 28.5 Å². The molecule has 6 aromatic rings. The summed E-state index contributed by atoms with van der Waals surface area (Å²) in [6, 6.07) is 7.42. The van der Waals surface area contributed by atoms with E-state index in [0.29, 0.717) is 40.2 Å². The molecule has 0 spiro atoms. The standard InChI is InChI=1S/C27H24FN9O/c1-14(2)7-21(38)32-17-8-16(9-29-10-17)24-23(28)22-19(11-30-24)35-36-26(22)27-33-18-5-4-6-20(25(18)34-27)37-12-15(3)31-13-37/h4-6,8-14H,7H2,1-3H3,(H,32,38)(H,33,34)(H,35,36). The largest absolute Gasteiger partial charge is 0.336 e. The van der Waals surface area contributed by atoms with E-state index in [1.54, 1.807) is 12.4 Å². The van der Waals surface area contributed by atoms with E-state index in [9.17, 15) is 4.79 Å². The van der Waals surface area contributed by atoms with Gasteiger partial charge >= 0.3 is 0 Å². The molecule has 0 radical (unpaired) electrons. The highest BCUT2D eigenvalue weighted by molar-refractivity contribution is 5.96. The third kappa shape index (κ3) is 4.17. The molecular formula is C27H24FN9O. The number of carbonyl (C=O) groups excluding carboxylic acids is 1. The van der Waals surface area contributed by atoms with Gasteiger partial charge in [-0.05, 0) is 31.0 Å². The summed E-state index contributed by atoms with van der Waals surface area (Å²) in [6.07, 6.45) is 8.58. The van der Waals surface area contributed by atoms with Crippen molar-refractivity contribution >= 4 is 33.5 Å². The van der Waals surface area contributed by atoms with Crippen LogP contribution in [0.3, 0.4) is 0 Å². The third-order valence-corrected chi connectivity index (χ3v) is 6.14. The minimum atomic E-state index is -0.565. The van der Waals surface area contributed by atoms with E-state index < -0.39 is 5.82 Å². The van der Waals surface area contributed by atoms with E-state index in [1.165, 1.54) is 18.6 Å². The highest BCUT2D eigenvalue weighted by Crippen LogP contribution is 2.33. The van der Waals surface area contributed by atoms with Crippen LogP contribution in [-0.4, -0.2) is 45.6 Å². The van der Waals surface area contributed by atoms with Crippen LogP contribution in [0.2, 0.25) is 0 Å². The molecule has 0 bridgehead atoms. The zero-order chi connectivity index (χ0) is 26.4. The van der Waals surface area contributed by atoms with E-state index in [0.717, 1.165) is 16.9 Å². The molecule has 0 aliphatic carbocycles. The molecule has 0 fully saturated rings. The topological polar surface area (TPSA) is 130 Å². The minimum absolute atomic E-state index is 0.0956. The number of para-hydroxylation sites is 1. The van der Waals surface area contributed by atoms with E-state index in [1.807, 2.05) is 49.7 Å². The molecule has 1 amide bonds. The predicted octanol–water partition coefficient (Wildman–Crippen LogP) is 5.18. The number of aromatic amines is 2. The summed E-state index contributed by atoms with van der Waals surface area (Å²) in [5.74, 6) is -0.0651. The fraction of sp³-hybridized carbons (Fsp3) is 0.185. The van der Waals surface area contributed by atoms with Crippen LogP contribution in [0.25, 0.3) is 50.4 Å². The van der Waals surface area contributed by atoms with Gasteiger partial charge in [-0.3, -0.25) is 19.9 Å². The summed E-state index contributed by atoms with van der Waals surface area (Å²) in [6.45, 7) is 5.85. The lowest BCUT2D eigenvalue weighted by atomic mass is 10.1. The molecule has 190 valence electrons. The van der Waals surface area contributed by atoms with E-state index >= 15 is 4.39 Å². The zero-order valence-corrected chi connectivity index (χ0v) is 21.0. The number of carbonyl (C=O) groups is 1. The second kappa shape index (κ2) is 9.18. The van der Waals surface area contributed by atoms with Gasteiger partial charge < -0.3 is 14.9 Å². The van der Waals surface area contributed by atoms with Crippen LogP contribution in [0.1, 0.15) is 26.0 Å². The Morgan fingerprint density at radius 1 is 1.13 bits per heavy atom. The zero-order valence-electron chi connectivity index (χ0n) is 21.0. The number of halogens is 1. The van der Waals surface area contributed by atoms with E-state index in [2.05, 4.69) is 35.5 Å². The van der Waals surface area contributed by atoms with Crippen molar-refractivity contribution in [1.29, 1.82) is 0 Å². The van der Waals surface area contributed by atoms with Crippen LogP contribution in [0.5, 0.6) is 0 Å². The summed E-state index contributed by atoms with van der Waals surface area (Å²) in [7, 11) is 0. The highest BCUT2D eigenvalue weighted by atomic mass is 19.1. The Morgan fingerprint density at radius 2 is 2.00 bits per heavy atom. The number of aryl methyl sites for hydroxylation is 1. The Bertz CT molecular complexity index is 1810. The van der Waals surface area contributed by atoms with Crippen molar-refractivity contribution in [3.05, 3.63) is 66.9 Å². The molecular weight excluding hydrogens is 485 g/mol. The molecule has 5 heterocycles. The van der Waals surface area contributed by atoms with Gasteiger partial charge in [0, 0.05) is 24.4 Å². The van der Waals surface area contributed by atoms with Gasteiger partial charge in [0.05, 0.1) is 52.2 Å². The van der Waals surface area contributed by atoms with Crippen LogP contribution in [0.4, 0.5) is 10.1 Å². The number of benzene rings is 1. The fourth-order valence-corrected chi connectivity index (χ4v) is 4.46. The first-order valence-corrected chi connectivity index (χ1v) is 12.2. The Hall–Kier alpha value is -4.93. The number of anilines is 1. The Morgan fingerprint density at radius 3 is 2.79 bits per heavy atom. The monoisotopic (exact) mass is 509 g/mol. The van der Waals surface area contributed by atoms with Crippen LogP contribution in [-0.2, 0) is 4.79 Å². The Kier molecular flexibility index (Phi) is 5.67. The molecule has 0 aliphatic rings. The molecule has 38 heavy (non-hydrogen) atoms. The van der Waals surface area contributed by atoms with E-state index in [4.69, 9.17) is 4.98 Å².